The Kier molecular flexibility index (Phi) is 3.25. The van der Waals surface area contributed by atoms with Crippen LogP contribution in [-0.2, 0) is 11.2 Å². The molecule has 3 rings (SSSR count). The van der Waals surface area contributed by atoms with E-state index in [-0.39, 0.29) is 0 Å². The van der Waals surface area contributed by atoms with Crippen LogP contribution in [0.1, 0.15) is 49.1 Å². The van der Waals surface area contributed by atoms with Crippen LogP contribution in [0.5, 0.6) is 0 Å². The second kappa shape index (κ2) is 4.78. The van der Waals surface area contributed by atoms with Gasteiger partial charge in [-0.05, 0) is 44.9 Å². The molecule has 0 spiro atoms. The second-order valence-electron chi connectivity index (χ2n) is 5.78. The Bertz CT molecular complexity index is 496. The number of aliphatic carboxylic acids is 1. The second-order valence-corrected chi connectivity index (χ2v) is 6.84. The van der Waals surface area contributed by atoms with E-state index < -0.39 is 11.9 Å². The lowest BCUT2D eigenvalue weighted by Gasteiger charge is -2.24. The van der Waals surface area contributed by atoms with E-state index in [0.29, 0.717) is 6.04 Å². The predicted molar refractivity (Wildman–Crippen MR) is 76.0 cm³/mol. The van der Waals surface area contributed by atoms with Crippen molar-refractivity contribution in [3.63, 3.8) is 0 Å². The van der Waals surface area contributed by atoms with Crippen molar-refractivity contribution < 1.29 is 9.90 Å². The van der Waals surface area contributed by atoms with Gasteiger partial charge in [0.05, 0.1) is 5.69 Å². The number of hydrogen-bond donors (Lipinski definition) is 1. The number of thiazole rings is 1. The van der Waals surface area contributed by atoms with Gasteiger partial charge in [-0.15, -0.1) is 11.3 Å². The Morgan fingerprint density at radius 1 is 1.47 bits per heavy atom. The van der Waals surface area contributed by atoms with E-state index in [1.54, 1.807) is 11.3 Å². The first-order valence-corrected chi connectivity index (χ1v) is 7.85. The van der Waals surface area contributed by atoms with Gasteiger partial charge in [-0.25, -0.2) is 4.98 Å². The number of hydrogen-bond acceptors (Lipinski definition) is 4. The van der Waals surface area contributed by atoms with E-state index in [1.807, 2.05) is 0 Å². The molecule has 2 aliphatic carbocycles. The molecule has 1 fully saturated rings. The number of rotatable bonds is 4. The van der Waals surface area contributed by atoms with Crippen LogP contribution in [0.15, 0.2) is 0 Å². The summed E-state index contributed by atoms with van der Waals surface area (Å²) in [7, 11) is 2.09. The zero-order valence-electron chi connectivity index (χ0n) is 11.4. The van der Waals surface area contributed by atoms with Crippen LogP contribution in [0.25, 0.3) is 0 Å². The summed E-state index contributed by atoms with van der Waals surface area (Å²) in [5.74, 6) is -0.324. The van der Waals surface area contributed by atoms with Crippen molar-refractivity contribution in [3.8, 4) is 0 Å². The number of aryl methyl sites for hydroxylation is 1. The number of carbonyl (C=O) groups is 1. The van der Waals surface area contributed by atoms with Crippen molar-refractivity contribution in [2.45, 2.75) is 51.0 Å². The highest BCUT2D eigenvalue weighted by Crippen LogP contribution is 2.41. The van der Waals surface area contributed by atoms with Crippen LogP contribution in [0.4, 0.5) is 5.13 Å². The monoisotopic (exact) mass is 280 g/mol. The summed E-state index contributed by atoms with van der Waals surface area (Å²) in [5, 5.41) is 10.3. The first-order chi connectivity index (χ1) is 9.08. The molecule has 104 valence electrons. The molecule has 0 aliphatic heterocycles. The quantitative estimate of drug-likeness (QED) is 0.921. The number of fused-ring (bicyclic) bond motifs is 1. The predicted octanol–water partition coefficient (Wildman–Crippen LogP) is 2.88. The molecular formula is C14H20N2O2S. The van der Waals surface area contributed by atoms with Gasteiger partial charge in [0, 0.05) is 18.0 Å². The largest absolute Gasteiger partial charge is 0.481 e. The lowest BCUT2D eigenvalue weighted by Crippen LogP contribution is -2.30. The van der Waals surface area contributed by atoms with Gasteiger partial charge < -0.3 is 10.0 Å². The van der Waals surface area contributed by atoms with Gasteiger partial charge in [0.1, 0.15) is 5.92 Å². The highest BCUT2D eigenvalue weighted by atomic mass is 32.1. The third kappa shape index (κ3) is 2.36. The molecular weight excluding hydrogens is 260 g/mol. The smallest absolute Gasteiger partial charge is 0.312 e. The fraction of sp³-hybridized carbons (Fsp3) is 0.714. The minimum absolute atomic E-state index is 0.390. The SMILES string of the molecule is CC(C1CC1)N(C)c1nc2c(s1)CCCC2C(=O)O. The topological polar surface area (TPSA) is 53.4 Å². The van der Waals surface area contributed by atoms with Crippen molar-refractivity contribution in [2.75, 3.05) is 11.9 Å². The number of aromatic nitrogens is 1. The molecule has 2 aliphatic rings. The van der Waals surface area contributed by atoms with Gasteiger partial charge >= 0.3 is 5.97 Å². The highest BCUT2D eigenvalue weighted by molar-refractivity contribution is 7.15. The normalized spacial score (nSPS) is 23.8. The Labute approximate surface area is 117 Å². The van der Waals surface area contributed by atoms with E-state index >= 15 is 0 Å². The van der Waals surface area contributed by atoms with Crippen LogP contribution >= 0.6 is 11.3 Å². The maximum absolute atomic E-state index is 11.3. The molecule has 4 nitrogen and oxygen atoms in total. The molecule has 5 heteroatoms. The minimum Gasteiger partial charge on any atom is -0.481 e. The van der Waals surface area contributed by atoms with Gasteiger partial charge in [-0.1, -0.05) is 0 Å². The zero-order chi connectivity index (χ0) is 13.6. The summed E-state index contributed by atoms with van der Waals surface area (Å²) in [4.78, 5) is 19.4. The standard InChI is InChI=1S/C14H20N2O2S/c1-8(9-6-7-9)16(2)14-15-12-10(13(17)18)4-3-5-11(12)19-14/h8-10H,3-7H2,1-2H3,(H,17,18). The summed E-state index contributed by atoms with van der Waals surface area (Å²) >= 11 is 1.69. The molecule has 0 saturated heterocycles. The van der Waals surface area contributed by atoms with E-state index in [1.165, 1.54) is 17.7 Å². The average molecular weight is 280 g/mol. The molecule has 1 heterocycles. The van der Waals surface area contributed by atoms with Crippen LogP contribution in [-0.4, -0.2) is 29.1 Å². The molecule has 0 bridgehead atoms. The first-order valence-electron chi connectivity index (χ1n) is 7.03. The van der Waals surface area contributed by atoms with E-state index in [9.17, 15) is 9.90 Å². The maximum atomic E-state index is 11.3. The van der Waals surface area contributed by atoms with Crippen molar-refractivity contribution in [1.82, 2.24) is 4.98 Å². The van der Waals surface area contributed by atoms with Crippen molar-refractivity contribution in [3.05, 3.63) is 10.6 Å². The van der Waals surface area contributed by atoms with Crippen LogP contribution in [0.2, 0.25) is 0 Å². The lowest BCUT2D eigenvalue weighted by molar-refractivity contribution is -0.139. The fourth-order valence-electron chi connectivity index (χ4n) is 2.87. The van der Waals surface area contributed by atoms with Crippen molar-refractivity contribution in [1.29, 1.82) is 0 Å². The number of nitrogens with zero attached hydrogens (tertiary/aromatic N) is 2. The minimum atomic E-state index is -0.726. The molecule has 2 unspecified atom stereocenters. The molecule has 1 saturated carbocycles. The van der Waals surface area contributed by atoms with Gasteiger partial charge in [0.25, 0.3) is 0 Å². The summed E-state index contributed by atoms with van der Waals surface area (Å²) in [6, 6.07) is 0.510. The molecule has 0 amide bonds. The van der Waals surface area contributed by atoms with Crippen molar-refractivity contribution >= 4 is 22.4 Å². The number of carboxylic acids is 1. The Balaban J connectivity index is 1.86. The third-order valence-corrected chi connectivity index (χ3v) is 5.68. The number of anilines is 1. The van der Waals surface area contributed by atoms with E-state index in [0.717, 1.165) is 36.0 Å². The maximum Gasteiger partial charge on any atom is 0.312 e. The molecule has 19 heavy (non-hydrogen) atoms. The van der Waals surface area contributed by atoms with Crippen LogP contribution in [0, 0.1) is 5.92 Å². The van der Waals surface area contributed by atoms with E-state index in [2.05, 4.69) is 23.9 Å². The highest BCUT2D eigenvalue weighted by Gasteiger charge is 2.34. The first kappa shape index (κ1) is 12.9. The fourth-order valence-corrected chi connectivity index (χ4v) is 4.08. The summed E-state index contributed by atoms with van der Waals surface area (Å²) < 4.78 is 0. The molecule has 2 atom stereocenters. The molecule has 0 radical (unpaired) electrons. The molecule has 0 aromatic carbocycles. The molecule has 1 aromatic heterocycles. The van der Waals surface area contributed by atoms with Crippen LogP contribution < -0.4 is 4.90 Å². The van der Waals surface area contributed by atoms with Gasteiger partial charge in [0.2, 0.25) is 0 Å². The summed E-state index contributed by atoms with van der Waals surface area (Å²) in [6.45, 7) is 2.24. The lowest BCUT2D eigenvalue weighted by atomic mass is 9.91. The van der Waals surface area contributed by atoms with Gasteiger partial charge in [0.15, 0.2) is 5.13 Å². The molecule has 1 aromatic rings. The summed E-state index contributed by atoms with van der Waals surface area (Å²) in [5.41, 5.74) is 0.827. The average Bonchev–Trinajstić information content (AvgIpc) is 3.14. The Hall–Kier alpha value is -1.10. The zero-order valence-corrected chi connectivity index (χ0v) is 12.2. The third-order valence-electron chi connectivity index (χ3n) is 4.46. The Morgan fingerprint density at radius 3 is 2.84 bits per heavy atom. The van der Waals surface area contributed by atoms with Gasteiger partial charge in [-0.2, -0.15) is 0 Å². The Morgan fingerprint density at radius 2 is 2.21 bits per heavy atom. The van der Waals surface area contributed by atoms with Gasteiger partial charge in [-0.3, -0.25) is 4.79 Å². The molecule has 1 N–H and O–H groups in total. The number of carboxylic acid groups (broad SMARTS) is 1. The van der Waals surface area contributed by atoms with Crippen LogP contribution in [0.3, 0.4) is 0 Å². The van der Waals surface area contributed by atoms with Crippen molar-refractivity contribution in [2.24, 2.45) is 5.92 Å². The van der Waals surface area contributed by atoms with E-state index in [4.69, 9.17) is 0 Å². The summed E-state index contributed by atoms with van der Waals surface area (Å²) in [6.07, 6.45) is 5.31.